The average molecular weight is 302 g/mol. The molecule has 110 valence electrons. The van der Waals surface area contributed by atoms with Crippen molar-refractivity contribution in [3.8, 4) is 0 Å². The van der Waals surface area contributed by atoms with E-state index < -0.39 is 6.04 Å². The summed E-state index contributed by atoms with van der Waals surface area (Å²) in [4.78, 5) is 24.6. The summed E-state index contributed by atoms with van der Waals surface area (Å²) >= 11 is 1.35. The van der Waals surface area contributed by atoms with E-state index in [-0.39, 0.29) is 17.9 Å². The van der Waals surface area contributed by atoms with E-state index in [0.717, 1.165) is 5.56 Å². The van der Waals surface area contributed by atoms with Crippen molar-refractivity contribution in [1.82, 2.24) is 10.6 Å². The molecule has 0 aliphatic heterocycles. The molecule has 5 heteroatoms. The topological polar surface area (TPSA) is 58.2 Å². The lowest BCUT2D eigenvalue weighted by Gasteiger charge is -2.18. The maximum atomic E-state index is 12.1. The van der Waals surface area contributed by atoms with Crippen LogP contribution in [0.5, 0.6) is 0 Å². The molecule has 0 spiro atoms. The van der Waals surface area contributed by atoms with Crippen LogP contribution in [0.3, 0.4) is 0 Å². The van der Waals surface area contributed by atoms with Gasteiger partial charge in [-0.25, -0.2) is 0 Å². The lowest BCUT2D eigenvalue weighted by molar-refractivity contribution is -0.123. The van der Waals surface area contributed by atoms with E-state index in [2.05, 4.69) is 10.6 Å². The summed E-state index contributed by atoms with van der Waals surface area (Å²) in [5.74, 6) is -0.420. The van der Waals surface area contributed by atoms with Gasteiger partial charge >= 0.3 is 0 Å². The molecule has 2 rings (SSSR count). The average Bonchev–Trinajstić information content (AvgIpc) is 3.02. The number of benzene rings is 1. The molecule has 2 atom stereocenters. The van der Waals surface area contributed by atoms with E-state index in [0.29, 0.717) is 4.88 Å². The second kappa shape index (κ2) is 7.04. The van der Waals surface area contributed by atoms with Gasteiger partial charge in [-0.15, -0.1) is 11.3 Å². The number of amides is 2. The number of hydrogen-bond acceptors (Lipinski definition) is 3. The minimum atomic E-state index is -0.578. The van der Waals surface area contributed by atoms with E-state index in [1.54, 1.807) is 13.0 Å². The van der Waals surface area contributed by atoms with E-state index in [4.69, 9.17) is 0 Å². The Labute approximate surface area is 128 Å². The van der Waals surface area contributed by atoms with Crippen LogP contribution in [-0.2, 0) is 4.79 Å². The molecule has 21 heavy (non-hydrogen) atoms. The summed E-state index contributed by atoms with van der Waals surface area (Å²) in [7, 11) is 0. The quantitative estimate of drug-likeness (QED) is 0.892. The number of rotatable bonds is 5. The molecule has 0 saturated heterocycles. The molecule has 2 aromatic rings. The zero-order chi connectivity index (χ0) is 15.2. The Kier molecular flexibility index (Phi) is 5.11. The first-order valence-corrected chi connectivity index (χ1v) is 7.65. The van der Waals surface area contributed by atoms with Crippen molar-refractivity contribution >= 4 is 23.2 Å². The Hall–Kier alpha value is -2.14. The second-order valence-electron chi connectivity index (χ2n) is 4.81. The first kappa shape index (κ1) is 15.3. The fourth-order valence-corrected chi connectivity index (χ4v) is 2.53. The van der Waals surface area contributed by atoms with Gasteiger partial charge in [-0.2, -0.15) is 0 Å². The summed E-state index contributed by atoms with van der Waals surface area (Å²) in [5, 5.41) is 7.43. The van der Waals surface area contributed by atoms with Crippen LogP contribution in [0, 0.1) is 0 Å². The number of thiophene rings is 1. The van der Waals surface area contributed by atoms with Crippen molar-refractivity contribution in [2.24, 2.45) is 0 Å². The molecule has 1 aromatic heterocycles. The lowest BCUT2D eigenvalue weighted by Crippen LogP contribution is -2.45. The fraction of sp³-hybridized carbons (Fsp3) is 0.250. The second-order valence-corrected chi connectivity index (χ2v) is 5.76. The third-order valence-corrected chi connectivity index (χ3v) is 4.01. The van der Waals surface area contributed by atoms with Crippen molar-refractivity contribution in [3.05, 3.63) is 58.3 Å². The van der Waals surface area contributed by atoms with E-state index in [9.17, 15) is 9.59 Å². The van der Waals surface area contributed by atoms with Crippen LogP contribution in [-0.4, -0.2) is 17.9 Å². The normalized spacial score (nSPS) is 13.2. The van der Waals surface area contributed by atoms with Gasteiger partial charge in [0.05, 0.1) is 10.9 Å². The predicted octanol–water partition coefficient (Wildman–Crippen LogP) is 2.74. The molecule has 0 fully saturated rings. The lowest BCUT2D eigenvalue weighted by atomic mass is 10.1. The summed E-state index contributed by atoms with van der Waals surface area (Å²) in [6, 6.07) is 12.6. The fourth-order valence-electron chi connectivity index (χ4n) is 1.90. The van der Waals surface area contributed by atoms with Crippen LogP contribution < -0.4 is 10.6 Å². The third-order valence-electron chi connectivity index (χ3n) is 3.14. The van der Waals surface area contributed by atoms with Gasteiger partial charge in [0.2, 0.25) is 5.91 Å². The third kappa shape index (κ3) is 4.16. The van der Waals surface area contributed by atoms with Crippen LogP contribution in [0.25, 0.3) is 0 Å². The Balaban J connectivity index is 1.89. The van der Waals surface area contributed by atoms with Crippen LogP contribution >= 0.6 is 11.3 Å². The van der Waals surface area contributed by atoms with Gasteiger partial charge in [0.1, 0.15) is 6.04 Å². The predicted molar refractivity (Wildman–Crippen MR) is 84.2 cm³/mol. The minimum absolute atomic E-state index is 0.0974. The highest BCUT2D eigenvalue weighted by atomic mass is 32.1. The van der Waals surface area contributed by atoms with Gasteiger partial charge in [-0.1, -0.05) is 36.4 Å². The molecular weight excluding hydrogens is 284 g/mol. The van der Waals surface area contributed by atoms with Crippen molar-refractivity contribution in [1.29, 1.82) is 0 Å². The highest BCUT2D eigenvalue weighted by molar-refractivity contribution is 7.12. The van der Waals surface area contributed by atoms with Crippen LogP contribution in [0.4, 0.5) is 0 Å². The Morgan fingerprint density at radius 1 is 1.00 bits per heavy atom. The first-order valence-electron chi connectivity index (χ1n) is 6.77. The molecule has 0 saturated carbocycles. The Bertz CT molecular complexity index is 596. The Morgan fingerprint density at radius 3 is 2.33 bits per heavy atom. The number of nitrogens with one attached hydrogen (secondary N) is 2. The van der Waals surface area contributed by atoms with Gasteiger partial charge in [-0.3, -0.25) is 9.59 Å². The van der Waals surface area contributed by atoms with Crippen molar-refractivity contribution in [2.45, 2.75) is 25.9 Å². The largest absolute Gasteiger partial charge is 0.348 e. The zero-order valence-corrected chi connectivity index (χ0v) is 12.8. The Morgan fingerprint density at radius 2 is 1.71 bits per heavy atom. The zero-order valence-electron chi connectivity index (χ0n) is 12.0. The molecule has 0 radical (unpaired) electrons. The van der Waals surface area contributed by atoms with Crippen LogP contribution in [0.15, 0.2) is 47.8 Å². The van der Waals surface area contributed by atoms with Gasteiger partial charge in [0, 0.05) is 0 Å². The SMILES string of the molecule is CC(NC(=O)c1cccs1)C(=O)NC(C)c1ccccc1. The summed E-state index contributed by atoms with van der Waals surface area (Å²) < 4.78 is 0. The smallest absolute Gasteiger partial charge is 0.261 e. The monoisotopic (exact) mass is 302 g/mol. The van der Waals surface area contributed by atoms with Gasteiger partial charge in [0.15, 0.2) is 0 Å². The molecule has 1 aromatic carbocycles. The maximum Gasteiger partial charge on any atom is 0.261 e. The van der Waals surface area contributed by atoms with E-state index >= 15 is 0 Å². The van der Waals surface area contributed by atoms with Gasteiger partial charge < -0.3 is 10.6 Å². The summed E-state index contributed by atoms with van der Waals surface area (Å²) in [5.41, 5.74) is 1.03. The van der Waals surface area contributed by atoms with Crippen molar-refractivity contribution in [3.63, 3.8) is 0 Å². The van der Waals surface area contributed by atoms with Crippen molar-refractivity contribution in [2.75, 3.05) is 0 Å². The molecule has 2 N–H and O–H groups in total. The highest BCUT2D eigenvalue weighted by Crippen LogP contribution is 2.11. The molecule has 4 nitrogen and oxygen atoms in total. The van der Waals surface area contributed by atoms with Crippen molar-refractivity contribution < 1.29 is 9.59 Å². The standard InChI is InChI=1S/C16H18N2O2S/c1-11(13-7-4-3-5-8-13)17-15(19)12(2)18-16(20)14-9-6-10-21-14/h3-12H,1-2H3,(H,17,19)(H,18,20). The van der Waals surface area contributed by atoms with Gasteiger partial charge in [-0.05, 0) is 30.9 Å². The minimum Gasteiger partial charge on any atom is -0.348 e. The van der Waals surface area contributed by atoms with E-state index in [1.807, 2.05) is 48.7 Å². The molecule has 1 heterocycles. The molecule has 0 bridgehead atoms. The maximum absolute atomic E-state index is 12.1. The molecule has 2 unspecified atom stereocenters. The number of carbonyl (C=O) groups is 2. The van der Waals surface area contributed by atoms with Crippen LogP contribution in [0.2, 0.25) is 0 Å². The highest BCUT2D eigenvalue weighted by Gasteiger charge is 2.19. The van der Waals surface area contributed by atoms with E-state index in [1.165, 1.54) is 11.3 Å². The number of hydrogen-bond donors (Lipinski definition) is 2. The number of carbonyl (C=O) groups excluding carboxylic acids is 2. The molecular formula is C16H18N2O2S. The van der Waals surface area contributed by atoms with Gasteiger partial charge in [0.25, 0.3) is 5.91 Å². The molecule has 0 aliphatic rings. The summed E-state index contributed by atoms with van der Waals surface area (Å²) in [6.07, 6.45) is 0. The molecule has 0 aliphatic carbocycles. The first-order chi connectivity index (χ1) is 10.1. The molecule has 2 amide bonds. The summed E-state index contributed by atoms with van der Waals surface area (Å²) in [6.45, 7) is 3.60. The van der Waals surface area contributed by atoms with Crippen LogP contribution in [0.1, 0.15) is 35.1 Å².